The lowest BCUT2D eigenvalue weighted by molar-refractivity contribution is -0.137. The van der Waals surface area contributed by atoms with E-state index in [0.717, 1.165) is 31.1 Å². The number of aliphatic carboxylic acids is 1. The summed E-state index contributed by atoms with van der Waals surface area (Å²) in [7, 11) is 0. The minimum atomic E-state index is -0.687. The lowest BCUT2D eigenvalue weighted by Crippen LogP contribution is -2.03. The van der Waals surface area contributed by atoms with Crippen molar-refractivity contribution in [2.45, 2.75) is 84.0 Å². The van der Waals surface area contributed by atoms with Gasteiger partial charge in [0, 0.05) is 6.42 Å². The van der Waals surface area contributed by atoms with Crippen molar-refractivity contribution >= 4 is 5.97 Å². The Hall–Kier alpha value is -1.05. The molecule has 0 amide bonds. The summed E-state index contributed by atoms with van der Waals surface area (Å²) in [6, 6.07) is 0. The number of rotatable bonds is 12. The molecule has 1 N–H and O–H groups in total. The first-order valence-electron chi connectivity index (χ1n) is 9.27. The quantitative estimate of drug-likeness (QED) is 0.348. The van der Waals surface area contributed by atoms with Gasteiger partial charge < -0.3 is 5.11 Å². The third kappa shape index (κ3) is 9.07. The van der Waals surface area contributed by atoms with Crippen LogP contribution < -0.4 is 0 Å². The Morgan fingerprint density at radius 3 is 2.64 bits per heavy atom. The minimum absolute atomic E-state index is 0.289. The lowest BCUT2D eigenvalue weighted by Gasteiger charge is -2.14. The topological polar surface area (TPSA) is 37.3 Å². The maximum absolute atomic E-state index is 10.4. The van der Waals surface area contributed by atoms with Gasteiger partial charge in [0.05, 0.1) is 0 Å². The molecule has 0 heterocycles. The Kier molecular flexibility index (Phi) is 10.8. The molecule has 1 aliphatic rings. The zero-order valence-electron chi connectivity index (χ0n) is 14.3. The van der Waals surface area contributed by atoms with Crippen molar-refractivity contribution in [3.63, 3.8) is 0 Å². The lowest BCUT2D eigenvalue weighted by atomic mass is 9.92. The molecule has 2 atom stereocenters. The van der Waals surface area contributed by atoms with Gasteiger partial charge in [0.15, 0.2) is 0 Å². The molecule has 0 aromatic rings. The SMILES string of the molecule is CCCCCCC=C[C@H]1CCC[C@@H]1CC=CCCCC(=O)O. The summed E-state index contributed by atoms with van der Waals surface area (Å²) in [5.74, 6) is 0.894. The highest BCUT2D eigenvalue weighted by atomic mass is 16.4. The normalized spacial score (nSPS) is 22.0. The number of unbranched alkanes of at least 4 members (excludes halogenated alkanes) is 5. The number of carboxylic acid groups (broad SMARTS) is 1. The maximum Gasteiger partial charge on any atom is 0.303 e. The van der Waals surface area contributed by atoms with Gasteiger partial charge in [0.25, 0.3) is 0 Å². The predicted octanol–water partition coefficient (Wildman–Crippen LogP) is 6.13. The highest BCUT2D eigenvalue weighted by Gasteiger charge is 2.23. The van der Waals surface area contributed by atoms with Gasteiger partial charge in [0.1, 0.15) is 0 Å². The first kappa shape index (κ1) is 19.0. The standard InChI is InChI=1S/C20H34O2/c1-2-3-4-5-6-9-13-18-15-12-16-19(18)14-10-7-8-11-17-20(21)22/h7,9-10,13,18-19H,2-6,8,11-12,14-17H2,1H3,(H,21,22)/t18-,19-/m0/s1. The average Bonchev–Trinajstić information content (AvgIpc) is 2.93. The van der Waals surface area contributed by atoms with Crippen molar-refractivity contribution in [1.82, 2.24) is 0 Å². The third-order valence-electron chi connectivity index (χ3n) is 4.69. The van der Waals surface area contributed by atoms with Crippen molar-refractivity contribution in [2.75, 3.05) is 0 Å². The van der Waals surface area contributed by atoms with Crippen LogP contribution in [-0.4, -0.2) is 11.1 Å². The van der Waals surface area contributed by atoms with E-state index in [4.69, 9.17) is 5.11 Å². The molecule has 0 saturated heterocycles. The van der Waals surface area contributed by atoms with Crippen molar-refractivity contribution in [1.29, 1.82) is 0 Å². The molecule has 0 aromatic heterocycles. The van der Waals surface area contributed by atoms with Crippen molar-refractivity contribution in [2.24, 2.45) is 11.8 Å². The van der Waals surface area contributed by atoms with E-state index in [1.807, 2.05) is 0 Å². The van der Waals surface area contributed by atoms with E-state index in [2.05, 4.69) is 31.2 Å². The van der Waals surface area contributed by atoms with Crippen molar-refractivity contribution in [3.8, 4) is 0 Å². The Morgan fingerprint density at radius 2 is 1.86 bits per heavy atom. The van der Waals surface area contributed by atoms with Gasteiger partial charge in [-0.05, 0) is 56.8 Å². The van der Waals surface area contributed by atoms with Crippen LogP contribution in [0.25, 0.3) is 0 Å². The van der Waals surface area contributed by atoms with Crippen LogP contribution in [0.1, 0.15) is 84.0 Å². The van der Waals surface area contributed by atoms with Crippen LogP contribution in [0.15, 0.2) is 24.3 Å². The number of hydrogen-bond donors (Lipinski definition) is 1. The molecule has 126 valence electrons. The van der Waals surface area contributed by atoms with E-state index in [0.29, 0.717) is 0 Å². The van der Waals surface area contributed by atoms with E-state index in [9.17, 15) is 4.79 Å². The molecule has 1 aliphatic carbocycles. The molecule has 0 bridgehead atoms. The first-order valence-corrected chi connectivity index (χ1v) is 9.27. The van der Waals surface area contributed by atoms with Gasteiger partial charge in [-0.25, -0.2) is 0 Å². The van der Waals surface area contributed by atoms with E-state index in [1.54, 1.807) is 0 Å². The van der Waals surface area contributed by atoms with Crippen LogP contribution in [0.5, 0.6) is 0 Å². The summed E-state index contributed by atoms with van der Waals surface area (Å²) in [6.07, 6.45) is 23.1. The second-order valence-corrected chi connectivity index (χ2v) is 6.63. The molecule has 0 aromatic carbocycles. The fraction of sp³-hybridized carbons (Fsp3) is 0.750. The van der Waals surface area contributed by atoms with Gasteiger partial charge in [-0.15, -0.1) is 0 Å². The first-order chi connectivity index (χ1) is 10.7. The molecular formula is C20H34O2. The predicted molar refractivity (Wildman–Crippen MR) is 94.0 cm³/mol. The number of carboxylic acids is 1. The second kappa shape index (κ2) is 12.5. The second-order valence-electron chi connectivity index (χ2n) is 6.63. The van der Waals surface area contributed by atoms with Crippen molar-refractivity contribution in [3.05, 3.63) is 24.3 Å². The summed E-state index contributed by atoms with van der Waals surface area (Å²) in [6.45, 7) is 2.26. The molecule has 0 unspecified atom stereocenters. The molecule has 1 saturated carbocycles. The zero-order chi connectivity index (χ0) is 16.0. The monoisotopic (exact) mass is 306 g/mol. The summed E-state index contributed by atoms with van der Waals surface area (Å²) >= 11 is 0. The fourth-order valence-corrected chi connectivity index (χ4v) is 3.33. The number of allylic oxidation sites excluding steroid dienone is 4. The summed E-state index contributed by atoms with van der Waals surface area (Å²) in [5, 5.41) is 8.60. The smallest absolute Gasteiger partial charge is 0.303 e. The Morgan fingerprint density at radius 1 is 1.05 bits per heavy atom. The summed E-state index contributed by atoms with van der Waals surface area (Å²) in [4.78, 5) is 10.4. The zero-order valence-corrected chi connectivity index (χ0v) is 14.3. The van der Waals surface area contributed by atoms with E-state index in [1.165, 1.54) is 51.4 Å². The Bertz CT molecular complexity index is 344. The molecule has 0 radical (unpaired) electrons. The molecular weight excluding hydrogens is 272 g/mol. The molecule has 2 nitrogen and oxygen atoms in total. The van der Waals surface area contributed by atoms with Gasteiger partial charge in [-0.2, -0.15) is 0 Å². The highest BCUT2D eigenvalue weighted by molar-refractivity contribution is 5.66. The maximum atomic E-state index is 10.4. The van der Waals surface area contributed by atoms with Gasteiger partial charge >= 0.3 is 5.97 Å². The van der Waals surface area contributed by atoms with Crippen LogP contribution >= 0.6 is 0 Å². The number of hydrogen-bond acceptors (Lipinski definition) is 1. The third-order valence-corrected chi connectivity index (χ3v) is 4.69. The molecule has 1 fully saturated rings. The largest absolute Gasteiger partial charge is 0.481 e. The van der Waals surface area contributed by atoms with Crippen LogP contribution in [-0.2, 0) is 4.79 Å². The summed E-state index contributed by atoms with van der Waals surface area (Å²) in [5.41, 5.74) is 0. The van der Waals surface area contributed by atoms with Crippen LogP contribution in [0.2, 0.25) is 0 Å². The van der Waals surface area contributed by atoms with Crippen LogP contribution in [0.4, 0.5) is 0 Å². The van der Waals surface area contributed by atoms with E-state index in [-0.39, 0.29) is 6.42 Å². The summed E-state index contributed by atoms with van der Waals surface area (Å²) < 4.78 is 0. The van der Waals surface area contributed by atoms with E-state index < -0.39 is 5.97 Å². The van der Waals surface area contributed by atoms with Crippen molar-refractivity contribution < 1.29 is 9.90 Å². The van der Waals surface area contributed by atoms with Crippen LogP contribution in [0, 0.1) is 11.8 Å². The molecule has 2 heteroatoms. The average molecular weight is 306 g/mol. The molecule has 22 heavy (non-hydrogen) atoms. The molecule has 0 aliphatic heterocycles. The van der Waals surface area contributed by atoms with E-state index >= 15 is 0 Å². The minimum Gasteiger partial charge on any atom is -0.481 e. The Labute approximate surface area is 136 Å². The number of carbonyl (C=O) groups is 1. The van der Waals surface area contributed by atoms with Gasteiger partial charge in [-0.1, -0.05) is 56.9 Å². The Balaban J connectivity index is 2.15. The molecule has 0 spiro atoms. The highest BCUT2D eigenvalue weighted by Crippen LogP contribution is 2.35. The van der Waals surface area contributed by atoms with Crippen LogP contribution in [0.3, 0.4) is 0 Å². The molecule has 1 rings (SSSR count). The fourth-order valence-electron chi connectivity index (χ4n) is 3.33. The van der Waals surface area contributed by atoms with Gasteiger partial charge in [-0.3, -0.25) is 4.79 Å². The van der Waals surface area contributed by atoms with Gasteiger partial charge in [0.2, 0.25) is 0 Å².